The Kier molecular flexibility index (Phi) is 5.09. The number of carbonyl (C=O) groups excluding carboxylic acids is 3. The summed E-state index contributed by atoms with van der Waals surface area (Å²) in [5.74, 6) is -0.815. The van der Waals surface area contributed by atoms with Crippen molar-refractivity contribution in [2.24, 2.45) is 0 Å². The lowest BCUT2D eigenvalue weighted by Gasteiger charge is -2.33. The number of fused-ring (bicyclic) bond motifs is 2. The van der Waals surface area contributed by atoms with Crippen LogP contribution in [-0.4, -0.2) is 50.9 Å². The van der Waals surface area contributed by atoms with E-state index in [-0.39, 0.29) is 12.1 Å². The molecule has 9 heteroatoms. The van der Waals surface area contributed by atoms with Gasteiger partial charge in [0.1, 0.15) is 5.54 Å². The minimum Gasteiger partial charge on any atom is -0.319 e. The normalized spacial score (nSPS) is 20.5. The second-order valence-corrected chi connectivity index (χ2v) is 9.95. The number of rotatable bonds is 5. The van der Waals surface area contributed by atoms with E-state index in [2.05, 4.69) is 5.32 Å². The number of hydrogen-bond acceptors (Lipinski definition) is 5. The molecular weight excluding hydrogens is 418 g/mol. The molecule has 1 aliphatic heterocycles. The summed E-state index contributed by atoms with van der Waals surface area (Å²) in [5, 5.41) is 2.83. The molecule has 2 aromatic carbocycles. The smallest absolute Gasteiger partial charge is 0.319 e. The van der Waals surface area contributed by atoms with E-state index >= 15 is 0 Å². The Hall–Kier alpha value is -3.20. The Labute approximate surface area is 180 Å². The molecule has 1 N–H and O–H groups in total. The third-order valence-electron chi connectivity index (χ3n) is 6.00. The van der Waals surface area contributed by atoms with Crippen molar-refractivity contribution >= 4 is 33.4 Å². The first-order valence-electron chi connectivity index (χ1n) is 9.93. The van der Waals surface area contributed by atoms with Gasteiger partial charge in [-0.1, -0.05) is 24.3 Å². The summed E-state index contributed by atoms with van der Waals surface area (Å²) in [6, 6.07) is 13.0. The minimum atomic E-state index is -3.42. The molecule has 8 nitrogen and oxygen atoms in total. The highest BCUT2D eigenvalue weighted by molar-refractivity contribution is 7.92. The van der Waals surface area contributed by atoms with Crippen LogP contribution in [0.3, 0.4) is 0 Å². The number of carbonyl (C=O) groups is 3. The number of ketones is 1. The maximum atomic E-state index is 13.3. The first kappa shape index (κ1) is 21.0. The fraction of sp³-hybridized carbons (Fsp3) is 0.318. The van der Waals surface area contributed by atoms with Crippen LogP contribution in [0.1, 0.15) is 34.3 Å². The SMILES string of the molecule is CN(c1ccc(C(=O)CN2C(=O)N[C@]3(CCCc4ccccc43)C2=O)cc1)S(C)(=O)=O. The Bertz CT molecular complexity index is 1180. The maximum Gasteiger partial charge on any atom is 0.325 e. The van der Waals surface area contributed by atoms with Gasteiger partial charge in [-0.15, -0.1) is 0 Å². The van der Waals surface area contributed by atoms with E-state index in [1.165, 1.54) is 31.3 Å². The molecule has 2 aromatic rings. The number of anilines is 1. The van der Waals surface area contributed by atoms with Gasteiger partial charge in [0.2, 0.25) is 10.0 Å². The average molecular weight is 442 g/mol. The molecule has 4 rings (SSSR count). The molecule has 1 saturated heterocycles. The van der Waals surface area contributed by atoms with Crippen LogP contribution in [-0.2, 0) is 26.8 Å². The monoisotopic (exact) mass is 441 g/mol. The highest BCUT2D eigenvalue weighted by Gasteiger charge is 2.54. The molecule has 0 unspecified atom stereocenters. The number of imide groups is 1. The molecule has 0 aromatic heterocycles. The lowest BCUT2D eigenvalue weighted by atomic mass is 9.76. The number of nitrogens with one attached hydrogen (secondary N) is 1. The third kappa shape index (κ3) is 3.59. The number of urea groups is 1. The zero-order valence-electron chi connectivity index (χ0n) is 17.3. The van der Waals surface area contributed by atoms with E-state index in [0.717, 1.165) is 39.4 Å². The zero-order chi connectivity index (χ0) is 22.4. The standard InChI is InChI=1S/C22H23N3O5S/c1-24(31(2,29)30)17-11-9-16(10-12-17)19(26)14-25-20(27)22(23-21(25)28)13-5-7-15-6-3-4-8-18(15)22/h3-4,6,8-12H,5,7,13-14H2,1-2H3,(H,23,28)/t22-/m0/s1. The number of benzene rings is 2. The van der Waals surface area contributed by atoms with Crippen molar-refractivity contribution in [3.05, 3.63) is 65.2 Å². The summed E-state index contributed by atoms with van der Waals surface area (Å²) in [5.41, 5.74) is 1.40. The fourth-order valence-corrected chi connectivity index (χ4v) is 4.74. The summed E-state index contributed by atoms with van der Waals surface area (Å²) in [6.45, 7) is -0.379. The van der Waals surface area contributed by atoms with Crippen molar-refractivity contribution in [1.82, 2.24) is 10.2 Å². The van der Waals surface area contributed by atoms with E-state index in [1.807, 2.05) is 24.3 Å². The lowest BCUT2D eigenvalue weighted by Crippen LogP contribution is -2.46. The topological polar surface area (TPSA) is 104 Å². The van der Waals surface area contributed by atoms with E-state index in [1.54, 1.807) is 0 Å². The highest BCUT2D eigenvalue weighted by atomic mass is 32.2. The van der Waals surface area contributed by atoms with Crippen LogP contribution in [0.4, 0.5) is 10.5 Å². The van der Waals surface area contributed by atoms with Crippen molar-refractivity contribution in [3.8, 4) is 0 Å². The second kappa shape index (κ2) is 7.49. The number of aryl methyl sites for hydroxylation is 1. The Morgan fingerprint density at radius 1 is 1.13 bits per heavy atom. The molecular formula is C22H23N3O5S. The van der Waals surface area contributed by atoms with Crippen LogP contribution in [0.5, 0.6) is 0 Å². The molecule has 1 spiro atoms. The third-order valence-corrected chi connectivity index (χ3v) is 7.21. The van der Waals surface area contributed by atoms with Crippen LogP contribution in [0.25, 0.3) is 0 Å². The number of nitrogens with zero attached hydrogens (tertiary/aromatic N) is 2. The van der Waals surface area contributed by atoms with Gasteiger partial charge in [-0.25, -0.2) is 13.2 Å². The van der Waals surface area contributed by atoms with Gasteiger partial charge in [0.05, 0.1) is 18.5 Å². The van der Waals surface area contributed by atoms with Crippen LogP contribution in [0, 0.1) is 0 Å². The summed E-state index contributed by atoms with van der Waals surface area (Å²) in [6.07, 6.45) is 3.18. The molecule has 2 aliphatic rings. The summed E-state index contributed by atoms with van der Waals surface area (Å²) in [7, 11) is -2.00. The molecule has 0 saturated carbocycles. The van der Waals surface area contributed by atoms with Gasteiger partial charge in [0, 0.05) is 12.6 Å². The molecule has 1 aliphatic carbocycles. The van der Waals surface area contributed by atoms with Crippen LogP contribution < -0.4 is 9.62 Å². The van der Waals surface area contributed by atoms with Gasteiger partial charge in [-0.2, -0.15) is 0 Å². The van der Waals surface area contributed by atoms with Crippen molar-refractivity contribution in [3.63, 3.8) is 0 Å². The van der Waals surface area contributed by atoms with Crippen molar-refractivity contribution in [2.75, 3.05) is 24.2 Å². The maximum absolute atomic E-state index is 13.3. The Morgan fingerprint density at radius 2 is 1.81 bits per heavy atom. The van der Waals surface area contributed by atoms with Crippen LogP contribution >= 0.6 is 0 Å². The molecule has 0 bridgehead atoms. The average Bonchev–Trinajstić information content (AvgIpc) is 2.97. The summed E-state index contributed by atoms with van der Waals surface area (Å²) in [4.78, 5) is 39.7. The van der Waals surface area contributed by atoms with E-state index in [9.17, 15) is 22.8 Å². The van der Waals surface area contributed by atoms with Crippen molar-refractivity contribution in [1.29, 1.82) is 0 Å². The van der Waals surface area contributed by atoms with Gasteiger partial charge in [-0.05, 0) is 54.7 Å². The summed E-state index contributed by atoms with van der Waals surface area (Å²) < 4.78 is 24.4. The zero-order valence-corrected chi connectivity index (χ0v) is 18.1. The molecule has 162 valence electrons. The van der Waals surface area contributed by atoms with Crippen LogP contribution in [0.2, 0.25) is 0 Å². The number of hydrogen-bond donors (Lipinski definition) is 1. The highest BCUT2D eigenvalue weighted by Crippen LogP contribution is 2.39. The van der Waals surface area contributed by atoms with Gasteiger partial charge >= 0.3 is 6.03 Å². The number of sulfonamides is 1. The minimum absolute atomic E-state index is 0.288. The number of Topliss-reactive ketones (excluding diaryl/α,β-unsaturated/α-hetero) is 1. The Morgan fingerprint density at radius 3 is 2.48 bits per heavy atom. The first-order chi connectivity index (χ1) is 14.6. The summed E-state index contributed by atoms with van der Waals surface area (Å²) >= 11 is 0. The quantitative estimate of drug-likeness (QED) is 0.565. The predicted molar refractivity (Wildman–Crippen MR) is 115 cm³/mol. The first-order valence-corrected chi connectivity index (χ1v) is 11.8. The van der Waals surface area contributed by atoms with Gasteiger partial charge in [0.25, 0.3) is 5.91 Å². The van der Waals surface area contributed by atoms with Crippen molar-refractivity contribution < 1.29 is 22.8 Å². The molecule has 3 amide bonds. The molecule has 0 radical (unpaired) electrons. The lowest BCUT2D eigenvalue weighted by molar-refractivity contribution is -0.131. The fourth-order valence-electron chi connectivity index (χ4n) is 4.24. The molecule has 1 fully saturated rings. The van der Waals surface area contributed by atoms with E-state index < -0.39 is 33.3 Å². The van der Waals surface area contributed by atoms with Gasteiger partial charge in [-0.3, -0.25) is 18.8 Å². The predicted octanol–water partition coefficient (Wildman–Crippen LogP) is 2.05. The molecule has 1 heterocycles. The number of amides is 3. The Balaban J connectivity index is 1.55. The van der Waals surface area contributed by atoms with Gasteiger partial charge in [0.15, 0.2) is 5.78 Å². The molecule has 1 atom stereocenters. The van der Waals surface area contributed by atoms with Gasteiger partial charge < -0.3 is 5.32 Å². The van der Waals surface area contributed by atoms with E-state index in [4.69, 9.17) is 0 Å². The largest absolute Gasteiger partial charge is 0.325 e. The van der Waals surface area contributed by atoms with Crippen molar-refractivity contribution in [2.45, 2.75) is 24.8 Å². The van der Waals surface area contributed by atoms with E-state index in [0.29, 0.717) is 12.1 Å². The second-order valence-electron chi connectivity index (χ2n) is 7.94. The molecule has 31 heavy (non-hydrogen) atoms. The van der Waals surface area contributed by atoms with Crippen LogP contribution in [0.15, 0.2) is 48.5 Å².